The molecule has 0 saturated heterocycles. The molecule has 1 aromatic heterocycles. The molecule has 5 N–H and O–H groups in total. The van der Waals surface area contributed by atoms with Gasteiger partial charge in [-0.15, -0.1) is 0 Å². The van der Waals surface area contributed by atoms with Crippen LogP contribution in [0.5, 0.6) is 0 Å². The molecule has 1 aliphatic carbocycles. The highest BCUT2D eigenvalue weighted by Crippen LogP contribution is 2.27. The molecule has 0 bridgehead atoms. The third-order valence-corrected chi connectivity index (χ3v) is 6.55. The lowest BCUT2D eigenvalue weighted by molar-refractivity contribution is -0.131. The minimum Gasteiger partial charge on any atom is -0.354 e. The minimum atomic E-state index is -0.741. The van der Waals surface area contributed by atoms with Crippen molar-refractivity contribution in [1.29, 1.82) is 0 Å². The number of aromatic nitrogens is 1. The van der Waals surface area contributed by atoms with Crippen LogP contribution in [-0.2, 0) is 9.59 Å². The number of rotatable bonds is 14. The Bertz CT molecular complexity index is 718. The maximum absolute atomic E-state index is 13.3. The lowest BCUT2D eigenvalue weighted by Crippen LogP contribution is -2.56. The third-order valence-electron chi connectivity index (χ3n) is 6.55. The fourth-order valence-corrected chi connectivity index (χ4v) is 4.27. The van der Waals surface area contributed by atoms with Crippen LogP contribution in [0.2, 0.25) is 0 Å². The Kier molecular flexibility index (Phi) is 11.9. The molecule has 186 valence electrons. The van der Waals surface area contributed by atoms with Crippen molar-refractivity contribution >= 4 is 17.7 Å². The normalized spacial score (nSPS) is 17.1. The van der Waals surface area contributed by atoms with Crippen molar-refractivity contribution in [3.05, 3.63) is 18.0 Å². The molecule has 1 heterocycles. The van der Waals surface area contributed by atoms with Gasteiger partial charge in [-0.3, -0.25) is 14.4 Å². The highest BCUT2D eigenvalue weighted by Gasteiger charge is 2.32. The zero-order valence-electron chi connectivity index (χ0n) is 20.1. The summed E-state index contributed by atoms with van der Waals surface area (Å²) in [4.78, 5) is 38.8. The van der Waals surface area contributed by atoms with Gasteiger partial charge in [-0.2, -0.15) is 0 Å². The van der Waals surface area contributed by atoms with Gasteiger partial charge in [-0.05, 0) is 37.6 Å². The van der Waals surface area contributed by atoms with Gasteiger partial charge in [-0.25, -0.2) is 0 Å². The van der Waals surface area contributed by atoms with Crippen molar-refractivity contribution in [2.24, 2.45) is 17.6 Å². The summed E-state index contributed by atoms with van der Waals surface area (Å²) >= 11 is 0. The first kappa shape index (κ1) is 26.8. The second-order valence-corrected chi connectivity index (χ2v) is 9.15. The van der Waals surface area contributed by atoms with E-state index in [-0.39, 0.29) is 23.5 Å². The van der Waals surface area contributed by atoms with Crippen molar-refractivity contribution in [3.63, 3.8) is 0 Å². The van der Waals surface area contributed by atoms with Crippen LogP contribution in [0.4, 0.5) is 0 Å². The van der Waals surface area contributed by atoms with Crippen molar-refractivity contribution in [2.45, 2.75) is 90.1 Å². The first-order chi connectivity index (χ1) is 16.0. The Morgan fingerprint density at radius 3 is 2.52 bits per heavy atom. The average molecular weight is 464 g/mol. The number of unbranched alkanes of at least 4 members (excludes halogenated alkanes) is 2. The van der Waals surface area contributed by atoms with Crippen LogP contribution in [-0.4, -0.2) is 48.1 Å². The van der Waals surface area contributed by atoms with Crippen molar-refractivity contribution < 1.29 is 18.9 Å². The van der Waals surface area contributed by atoms with E-state index in [1.807, 2.05) is 13.8 Å². The number of nitrogens with one attached hydrogen (secondary N) is 3. The SMILES string of the molecule is CC[C@H](C)[C@H](NC(=O)[C@H](CC1CCCCC1)NC(=O)c1ccno1)C(=O)NCCCCCN. The summed E-state index contributed by atoms with van der Waals surface area (Å²) in [5, 5.41) is 12.2. The van der Waals surface area contributed by atoms with E-state index in [1.54, 1.807) is 0 Å². The van der Waals surface area contributed by atoms with E-state index in [0.29, 0.717) is 25.4 Å². The summed E-state index contributed by atoms with van der Waals surface area (Å²) in [6.07, 6.45) is 11.0. The van der Waals surface area contributed by atoms with E-state index >= 15 is 0 Å². The molecule has 0 unspecified atom stereocenters. The lowest BCUT2D eigenvalue weighted by Gasteiger charge is -2.29. The van der Waals surface area contributed by atoms with Gasteiger partial charge in [0.25, 0.3) is 5.91 Å². The highest BCUT2D eigenvalue weighted by atomic mass is 16.5. The van der Waals surface area contributed by atoms with Crippen LogP contribution < -0.4 is 21.7 Å². The Labute approximate surface area is 197 Å². The van der Waals surface area contributed by atoms with Gasteiger partial charge in [-0.1, -0.05) is 63.9 Å². The number of nitrogens with zero attached hydrogens (tertiary/aromatic N) is 1. The van der Waals surface area contributed by atoms with Crippen LogP contribution in [0.25, 0.3) is 0 Å². The van der Waals surface area contributed by atoms with Gasteiger partial charge in [0.1, 0.15) is 12.1 Å². The summed E-state index contributed by atoms with van der Waals surface area (Å²) in [6.45, 7) is 5.13. The second-order valence-electron chi connectivity index (χ2n) is 9.15. The first-order valence-corrected chi connectivity index (χ1v) is 12.5. The zero-order valence-corrected chi connectivity index (χ0v) is 20.1. The molecule has 1 saturated carbocycles. The number of nitrogens with two attached hydrogens (primary N) is 1. The van der Waals surface area contributed by atoms with Gasteiger partial charge >= 0.3 is 0 Å². The van der Waals surface area contributed by atoms with Crippen molar-refractivity contribution in [1.82, 2.24) is 21.1 Å². The van der Waals surface area contributed by atoms with Gasteiger partial charge in [0.2, 0.25) is 17.6 Å². The quantitative estimate of drug-likeness (QED) is 0.313. The molecule has 2 rings (SSSR count). The first-order valence-electron chi connectivity index (χ1n) is 12.5. The Morgan fingerprint density at radius 1 is 1.12 bits per heavy atom. The predicted molar refractivity (Wildman–Crippen MR) is 126 cm³/mol. The fraction of sp³-hybridized carbons (Fsp3) is 0.750. The summed E-state index contributed by atoms with van der Waals surface area (Å²) in [5.41, 5.74) is 5.52. The largest absolute Gasteiger partial charge is 0.354 e. The van der Waals surface area contributed by atoms with Crippen LogP contribution in [0.15, 0.2) is 16.8 Å². The number of hydrogen-bond acceptors (Lipinski definition) is 6. The monoisotopic (exact) mass is 463 g/mol. The summed E-state index contributed by atoms with van der Waals surface area (Å²) in [6, 6.07) is 0.0630. The molecule has 1 aliphatic rings. The zero-order chi connectivity index (χ0) is 24.1. The Hall–Kier alpha value is -2.42. The van der Waals surface area contributed by atoms with E-state index in [4.69, 9.17) is 10.3 Å². The molecule has 9 heteroatoms. The van der Waals surface area contributed by atoms with E-state index in [9.17, 15) is 14.4 Å². The van der Waals surface area contributed by atoms with Gasteiger partial charge < -0.3 is 26.2 Å². The maximum atomic E-state index is 13.3. The molecule has 1 fully saturated rings. The van der Waals surface area contributed by atoms with Crippen molar-refractivity contribution in [2.75, 3.05) is 13.1 Å². The van der Waals surface area contributed by atoms with E-state index in [0.717, 1.165) is 51.4 Å². The molecule has 0 aliphatic heterocycles. The molecule has 0 aromatic carbocycles. The molecule has 9 nitrogen and oxygen atoms in total. The fourth-order valence-electron chi connectivity index (χ4n) is 4.27. The van der Waals surface area contributed by atoms with Gasteiger partial charge in [0.05, 0.1) is 6.20 Å². The molecule has 0 spiro atoms. The summed E-state index contributed by atoms with van der Waals surface area (Å²) < 4.78 is 4.95. The summed E-state index contributed by atoms with van der Waals surface area (Å²) in [7, 11) is 0. The number of hydrogen-bond donors (Lipinski definition) is 4. The molecule has 3 atom stereocenters. The average Bonchev–Trinajstić information content (AvgIpc) is 3.37. The molecular formula is C24H41N5O4. The smallest absolute Gasteiger partial charge is 0.290 e. The lowest BCUT2D eigenvalue weighted by atomic mass is 9.84. The minimum absolute atomic E-state index is 0.0432. The number of carbonyl (C=O) groups excluding carboxylic acids is 3. The van der Waals surface area contributed by atoms with Gasteiger partial charge in [0.15, 0.2) is 0 Å². The highest BCUT2D eigenvalue weighted by molar-refractivity contribution is 5.96. The predicted octanol–water partition coefficient (Wildman–Crippen LogP) is 2.52. The topological polar surface area (TPSA) is 139 Å². The van der Waals surface area contributed by atoms with Crippen LogP contribution in [0, 0.1) is 11.8 Å². The molecule has 33 heavy (non-hydrogen) atoms. The van der Waals surface area contributed by atoms with Gasteiger partial charge in [0, 0.05) is 12.6 Å². The summed E-state index contributed by atoms with van der Waals surface area (Å²) in [5.74, 6) is -0.625. The van der Waals surface area contributed by atoms with E-state index in [2.05, 4.69) is 21.1 Å². The molecule has 1 aromatic rings. The Balaban J connectivity index is 2.04. The molecular weight excluding hydrogens is 422 g/mol. The molecule has 0 radical (unpaired) electrons. The van der Waals surface area contributed by atoms with Crippen LogP contribution >= 0.6 is 0 Å². The Morgan fingerprint density at radius 2 is 1.88 bits per heavy atom. The van der Waals surface area contributed by atoms with E-state index in [1.165, 1.54) is 18.7 Å². The van der Waals surface area contributed by atoms with Crippen LogP contribution in [0.1, 0.15) is 88.6 Å². The third kappa shape index (κ3) is 9.15. The van der Waals surface area contributed by atoms with Crippen LogP contribution in [0.3, 0.4) is 0 Å². The number of carbonyl (C=O) groups is 3. The maximum Gasteiger partial charge on any atom is 0.290 e. The standard InChI is InChI=1S/C24H41N5O4/c1-3-17(2)21(24(32)26-14-9-5-8-13-25)29-22(30)19(16-18-10-6-4-7-11-18)28-23(31)20-12-15-27-33-20/h12,15,17-19,21H,3-11,13-14,16,25H2,1-2H3,(H,26,32)(H,28,31)(H,29,30)/t17-,19-,21-/m0/s1. The van der Waals surface area contributed by atoms with E-state index < -0.39 is 18.0 Å². The van der Waals surface area contributed by atoms with Crippen molar-refractivity contribution in [3.8, 4) is 0 Å². The second kappa shape index (κ2) is 14.7. The molecule has 3 amide bonds. The number of amides is 3.